The molecule has 0 bridgehead atoms. The van der Waals surface area contributed by atoms with E-state index in [0.717, 1.165) is 0 Å². The van der Waals surface area contributed by atoms with Crippen molar-refractivity contribution in [3.05, 3.63) is 23.6 Å². The summed E-state index contributed by atoms with van der Waals surface area (Å²) in [6, 6.07) is 3.38. The fraction of sp³-hybridized carbons (Fsp3) is 0.125. The lowest BCUT2D eigenvalue weighted by Gasteiger charge is -1.90. The standard InChI is InChI=1S/C8H7N3O3/c1-4-2-3-5(14-4)6-7(8(12)13)10-11-9-6/h2-3H,1H3,(H,12,13)(H,9,10,11). The van der Waals surface area contributed by atoms with Gasteiger partial charge in [0.15, 0.2) is 11.5 Å². The number of aryl methyl sites for hydroxylation is 1. The first kappa shape index (κ1) is 8.49. The molecule has 72 valence electrons. The van der Waals surface area contributed by atoms with E-state index in [-0.39, 0.29) is 11.4 Å². The molecule has 2 heterocycles. The van der Waals surface area contributed by atoms with Gasteiger partial charge in [-0.15, -0.1) is 5.10 Å². The van der Waals surface area contributed by atoms with E-state index in [0.29, 0.717) is 11.5 Å². The molecule has 2 N–H and O–H groups in total. The Balaban J connectivity index is 2.51. The van der Waals surface area contributed by atoms with Crippen molar-refractivity contribution in [3.8, 4) is 11.5 Å². The Morgan fingerprint density at radius 3 is 2.86 bits per heavy atom. The maximum Gasteiger partial charge on any atom is 0.358 e. The first-order valence-electron chi connectivity index (χ1n) is 3.89. The van der Waals surface area contributed by atoms with Crippen LogP contribution >= 0.6 is 0 Å². The van der Waals surface area contributed by atoms with Gasteiger partial charge in [0, 0.05) is 0 Å². The number of aromatic carboxylic acids is 1. The SMILES string of the molecule is Cc1ccc(-c2n[nH]nc2C(=O)O)o1. The van der Waals surface area contributed by atoms with Crippen molar-refractivity contribution in [1.82, 2.24) is 15.4 Å². The molecule has 0 aliphatic rings. The van der Waals surface area contributed by atoms with Gasteiger partial charge in [-0.1, -0.05) is 0 Å². The Kier molecular flexibility index (Phi) is 1.81. The molecule has 14 heavy (non-hydrogen) atoms. The lowest BCUT2D eigenvalue weighted by atomic mass is 10.2. The zero-order valence-electron chi connectivity index (χ0n) is 7.31. The number of H-pyrrole nitrogens is 1. The molecule has 0 atom stereocenters. The summed E-state index contributed by atoms with van der Waals surface area (Å²) in [6.07, 6.45) is 0. The molecule has 0 aliphatic heterocycles. The Hall–Kier alpha value is -2.11. The Morgan fingerprint density at radius 2 is 2.29 bits per heavy atom. The van der Waals surface area contributed by atoms with Gasteiger partial charge in [0.25, 0.3) is 0 Å². The number of nitrogens with one attached hydrogen (secondary N) is 1. The number of aromatic nitrogens is 3. The summed E-state index contributed by atoms with van der Waals surface area (Å²) in [7, 11) is 0. The van der Waals surface area contributed by atoms with E-state index in [9.17, 15) is 4.79 Å². The number of aromatic amines is 1. The molecule has 2 aromatic rings. The van der Waals surface area contributed by atoms with Crippen LogP contribution in [0.1, 0.15) is 16.2 Å². The van der Waals surface area contributed by atoms with Crippen molar-refractivity contribution in [2.24, 2.45) is 0 Å². The van der Waals surface area contributed by atoms with Crippen molar-refractivity contribution >= 4 is 5.97 Å². The molecule has 0 aromatic carbocycles. The summed E-state index contributed by atoms with van der Waals surface area (Å²) in [5, 5.41) is 18.2. The molecule has 0 unspecified atom stereocenters. The smallest absolute Gasteiger partial charge is 0.358 e. The lowest BCUT2D eigenvalue weighted by molar-refractivity contribution is 0.0691. The summed E-state index contributed by atoms with van der Waals surface area (Å²) in [5.74, 6) is -0.0456. The van der Waals surface area contributed by atoms with Crippen molar-refractivity contribution < 1.29 is 14.3 Å². The number of hydrogen-bond acceptors (Lipinski definition) is 4. The second-order valence-electron chi connectivity index (χ2n) is 2.74. The highest BCUT2D eigenvalue weighted by Crippen LogP contribution is 2.21. The van der Waals surface area contributed by atoms with Gasteiger partial charge in [0.05, 0.1) is 0 Å². The van der Waals surface area contributed by atoms with Gasteiger partial charge in [-0.2, -0.15) is 10.3 Å². The van der Waals surface area contributed by atoms with Crippen LogP contribution in [-0.4, -0.2) is 26.5 Å². The Morgan fingerprint density at radius 1 is 1.50 bits per heavy atom. The summed E-state index contributed by atoms with van der Waals surface area (Å²) in [5.41, 5.74) is 0.0740. The van der Waals surface area contributed by atoms with Crippen LogP contribution in [0.3, 0.4) is 0 Å². The summed E-state index contributed by atoms with van der Waals surface area (Å²) in [4.78, 5) is 10.7. The number of nitrogens with zero attached hydrogens (tertiary/aromatic N) is 2. The second-order valence-corrected chi connectivity index (χ2v) is 2.74. The van der Waals surface area contributed by atoms with Crippen LogP contribution in [0.25, 0.3) is 11.5 Å². The van der Waals surface area contributed by atoms with Gasteiger partial charge in [0.1, 0.15) is 5.76 Å². The molecule has 6 heteroatoms. The van der Waals surface area contributed by atoms with Gasteiger partial charge >= 0.3 is 5.97 Å². The molecule has 0 amide bonds. The monoisotopic (exact) mass is 193 g/mol. The highest BCUT2D eigenvalue weighted by Gasteiger charge is 2.18. The van der Waals surface area contributed by atoms with E-state index in [1.165, 1.54) is 0 Å². The summed E-state index contributed by atoms with van der Waals surface area (Å²) < 4.78 is 5.23. The maximum absolute atomic E-state index is 10.7. The third kappa shape index (κ3) is 1.26. The summed E-state index contributed by atoms with van der Waals surface area (Å²) >= 11 is 0. The number of carbonyl (C=O) groups is 1. The molecule has 0 spiro atoms. The lowest BCUT2D eigenvalue weighted by Crippen LogP contribution is -1.98. The molecule has 0 saturated carbocycles. The quantitative estimate of drug-likeness (QED) is 0.744. The number of rotatable bonds is 2. The van der Waals surface area contributed by atoms with Crippen molar-refractivity contribution in [1.29, 1.82) is 0 Å². The molecule has 2 aromatic heterocycles. The van der Waals surface area contributed by atoms with Crippen LogP contribution in [0.2, 0.25) is 0 Å². The fourth-order valence-corrected chi connectivity index (χ4v) is 1.11. The van der Waals surface area contributed by atoms with Gasteiger partial charge in [-0.3, -0.25) is 0 Å². The second kappa shape index (κ2) is 2.99. The molecule has 2 rings (SSSR count). The fourth-order valence-electron chi connectivity index (χ4n) is 1.11. The maximum atomic E-state index is 10.7. The molecule has 0 aliphatic carbocycles. The minimum Gasteiger partial charge on any atom is -0.476 e. The molecule has 6 nitrogen and oxygen atoms in total. The van der Waals surface area contributed by atoms with E-state index < -0.39 is 5.97 Å². The van der Waals surface area contributed by atoms with Gasteiger partial charge in [-0.25, -0.2) is 4.79 Å². The van der Waals surface area contributed by atoms with E-state index >= 15 is 0 Å². The predicted molar refractivity (Wildman–Crippen MR) is 45.8 cm³/mol. The Labute approximate surface area is 78.6 Å². The topological polar surface area (TPSA) is 92.0 Å². The number of furan rings is 1. The average molecular weight is 193 g/mol. The van der Waals surface area contributed by atoms with Crippen LogP contribution in [-0.2, 0) is 0 Å². The van der Waals surface area contributed by atoms with E-state index in [1.807, 2.05) is 0 Å². The van der Waals surface area contributed by atoms with E-state index in [4.69, 9.17) is 9.52 Å². The largest absolute Gasteiger partial charge is 0.476 e. The minimum absolute atomic E-state index is 0.139. The average Bonchev–Trinajstić information content (AvgIpc) is 2.70. The van der Waals surface area contributed by atoms with Crippen LogP contribution in [0, 0.1) is 6.92 Å². The zero-order valence-corrected chi connectivity index (χ0v) is 7.31. The molecule has 0 radical (unpaired) electrons. The van der Waals surface area contributed by atoms with Crippen LogP contribution in [0.5, 0.6) is 0 Å². The zero-order chi connectivity index (χ0) is 10.1. The van der Waals surface area contributed by atoms with Crippen LogP contribution in [0.15, 0.2) is 16.5 Å². The van der Waals surface area contributed by atoms with E-state index in [2.05, 4.69) is 15.4 Å². The Bertz CT molecular complexity index is 472. The van der Waals surface area contributed by atoms with Crippen LogP contribution < -0.4 is 0 Å². The summed E-state index contributed by atoms with van der Waals surface area (Å²) in [6.45, 7) is 1.77. The van der Waals surface area contributed by atoms with Crippen LogP contribution in [0.4, 0.5) is 0 Å². The van der Waals surface area contributed by atoms with Gasteiger partial charge in [-0.05, 0) is 19.1 Å². The van der Waals surface area contributed by atoms with Crippen molar-refractivity contribution in [2.75, 3.05) is 0 Å². The third-order valence-corrected chi connectivity index (χ3v) is 1.72. The minimum atomic E-state index is -1.14. The van der Waals surface area contributed by atoms with Crippen molar-refractivity contribution in [2.45, 2.75) is 6.92 Å². The van der Waals surface area contributed by atoms with Gasteiger partial charge in [0.2, 0.25) is 5.69 Å². The third-order valence-electron chi connectivity index (χ3n) is 1.72. The number of hydrogen-bond donors (Lipinski definition) is 2. The first-order chi connectivity index (χ1) is 6.68. The first-order valence-corrected chi connectivity index (χ1v) is 3.89. The molecule has 0 saturated heterocycles. The molecule has 0 fully saturated rings. The molecular formula is C8H7N3O3. The normalized spacial score (nSPS) is 10.4. The molecular weight excluding hydrogens is 186 g/mol. The van der Waals surface area contributed by atoms with E-state index in [1.54, 1.807) is 19.1 Å². The van der Waals surface area contributed by atoms with Gasteiger partial charge < -0.3 is 9.52 Å². The highest BCUT2D eigenvalue weighted by molar-refractivity contribution is 5.91. The predicted octanol–water partition coefficient (Wildman–Crippen LogP) is 1.07. The highest BCUT2D eigenvalue weighted by atomic mass is 16.4. The van der Waals surface area contributed by atoms with Crippen molar-refractivity contribution in [3.63, 3.8) is 0 Å². The number of carboxylic acid groups (broad SMARTS) is 1. The number of carboxylic acids is 1.